The molecule has 3 aromatic rings. The Labute approximate surface area is 179 Å². The quantitative estimate of drug-likeness (QED) is 0.540. The molecular weight excluding hydrogens is 368 g/mol. The number of anilines is 2. The highest BCUT2D eigenvalue weighted by Gasteiger charge is 2.33. The molecule has 1 unspecified atom stereocenters. The van der Waals surface area contributed by atoms with E-state index in [1.165, 1.54) is 11.1 Å². The fourth-order valence-electron chi connectivity index (χ4n) is 4.12. The number of nitrogens with one attached hydrogen (secondary N) is 1. The Hall–Kier alpha value is -3.46. The van der Waals surface area contributed by atoms with Crippen molar-refractivity contribution < 1.29 is 4.74 Å². The summed E-state index contributed by atoms with van der Waals surface area (Å²) in [5.74, 6) is 1.67. The SMILES string of the molecule is C=C(C=C1Oc2ccccc2N1C)C(C)(Cc1ccccc1)c1ccccc1NC. The van der Waals surface area contributed by atoms with Crippen LogP contribution in [-0.4, -0.2) is 14.1 Å². The molecule has 1 aliphatic rings. The van der Waals surface area contributed by atoms with Crippen molar-refractivity contribution >= 4 is 11.4 Å². The van der Waals surface area contributed by atoms with E-state index in [1.807, 2.05) is 32.3 Å². The zero-order valence-corrected chi connectivity index (χ0v) is 17.9. The fraction of sp³-hybridized carbons (Fsp3) is 0.185. The van der Waals surface area contributed by atoms with Crippen molar-refractivity contribution in [2.45, 2.75) is 18.8 Å². The molecule has 1 N–H and O–H groups in total. The first-order chi connectivity index (χ1) is 14.5. The van der Waals surface area contributed by atoms with Crippen LogP contribution in [0.3, 0.4) is 0 Å². The zero-order valence-electron chi connectivity index (χ0n) is 17.9. The van der Waals surface area contributed by atoms with Gasteiger partial charge in [0, 0.05) is 31.3 Å². The topological polar surface area (TPSA) is 24.5 Å². The minimum absolute atomic E-state index is 0.313. The largest absolute Gasteiger partial charge is 0.439 e. The number of hydrogen-bond acceptors (Lipinski definition) is 3. The van der Waals surface area contributed by atoms with E-state index in [-0.39, 0.29) is 5.41 Å². The van der Waals surface area contributed by atoms with Crippen LogP contribution < -0.4 is 15.0 Å². The molecule has 3 nitrogen and oxygen atoms in total. The first kappa shape index (κ1) is 19.8. The molecule has 0 radical (unpaired) electrons. The minimum atomic E-state index is -0.313. The molecule has 1 aliphatic heterocycles. The lowest BCUT2D eigenvalue weighted by molar-refractivity contribution is 0.440. The Morgan fingerprint density at radius 2 is 1.67 bits per heavy atom. The van der Waals surface area contributed by atoms with Crippen molar-refractivity contribution in [3.63, 3.8) is 0 Å². The Bertz CT molecular complexity index is 1090. The molecule has 1 atom stereocenters. The molecule has 1 heterocycles. The molecule has 30 heavy (non-hydrogen) atoms. The van der Waals surface area contributed by atoms with Gasteiger partial charge in [0.15, 0.2) is 5.75 Å². The van der Waals surface area contributed by atoms with Crippen molar-refractivity contribution in [2.75, 3.05) is 24.3 Å². The normalized spacial score (nSPS) is 16.0. The third-order valence-electron chi connectivity index (χ3n) is 5.97. The summed E-state index contributed by atoms with van der Waals surface area (Å²) in [6.45, 7) is 6.79. The highest BCUT2D eigenvalue weighted by molar-refractivity contribution is 5.67. The molecule has 0 aliphatic carbocycles. The molecular formula is C27H28N2O. The average Bonchev–Trinajstić information content (AvgIpc) is 3.09. The summed E-state index contributed by atoms with van der Waals surface area (Å²) in [7, 11) is 3.99. The van der Waals surface area contributed by atoms with E-state index in [4.69, 9.17) is 4.74 Å². The van der Waals surface area contributed by atoms with Gasteiger partial charge in [-0.25, -0.2) is 0 Å². The number of benzene rings is 3. The van der Waals surface area contributed by atoms with Gasteiger partial charge in [0.05, 0.1) is 5.69 Å². The molecule has 0 spiro atoms. The lowest BCUT2D eigenvalue weighted by Crippen LogP contribution is -2.28. The van der Waals surface area contributed by atoms with E-state index in [2.05, 4.69) is 90.5 Å². The average molecular weight is 397 g/mol. The smallest absolute Gasteiger partial charge is 0.200 e. The Kier molecular flexibility index (Phi) is 5.37. The van der Waals surface area contributed by atoms with E-state index in [0.29, 0.717) is 0 Å². The predicted molar refractivity (Wildman–Crippen MR) is 126 cm³/mol. The lowest BCUT2D eigenvalue weighted by Gasteiger charge is -2.33. The van der Waals surface area contributed by atoms with Crippen LogP contribution >= 0.6 is 0 Å². The summed E-state index contributed by atoms with van der Waals surface area (Å²) < 4.78 is 6.14. The molecule has 3 aromatic carbocycles. The van der Waals surface area contributed by atoms with E-state index in [9.17, 15) is 0 Å². The summed E-state index contributed by atoms with van der Waals surface area (Å²) in [4.78, 5) is 2.08. The first-order valence-corrected chi connectivity index (χ1v) is 10.3. The van der Waals surface area contributed by atoms with Gasteiger partial charge in [-0.1, -0.05) is 74.2 Å². The maximum atomic E-state index is 6.14. The molecule has 4 rings (SSSR count). The van der Waals surface area contributed by atoms with Crippen LogP contribution in [0.5, 0.6) is 5.75 Å². The van der Waals surface area contributed by atoms with Gasteiger partial charge < -0.3 is 15.0 Å². The maximum Gasteiger partial charge on any atom is 0.200 e. The predicted octanol–water partition coefficient (Wildman–Crippen LogP) is 6.16. The maximum absolute atomic E-state index is 6.14. The van der Waals surface area contributed by atoms with E-state index in [0.717, 1.165) is 35.0 Å². The van der Waals surface area contributed by atoms with Gasteiger partial charge in [-0.05, 0) is 41.3 Å². The summed E-state index contributed by atoms with van der Waals surface area (Å²) in [6.07, 6.45) is 2.92. The minimum Gasteiger partial charge on any atom is -0.439 e. The molecule has 0 saturated carbocycles. The molecule has 152 valence electrons. The van der Waals surface area contributed by atoms with Gasteiger partial charge in [0.1, 0.15) is 0 Å². The Balaban J connectivity index is 1.75. The summed E-state index contributed by atoms with van der Waals surface area (Å²) in [6, 6.07) is 27.1. The van der Waals surface area contributed by atoms with Crippen LogP contribution in [-0.2, 0) is 11.8 Å². The van der Waals surface area contributed by atoms with Crippen LogP contribution in [0.4, 0.5) is 11.4 Å². The highest BCUT2D eigenvalue weighted by atomic mass is 16.5. The van der Waals surface area contributed by atoms with Crippen molar-refractivity contribution in [1.29, 1.82) is 0 Å². The highest BCUT2D eigenvalue weighted by Crippen LogP contribution is 2.42. The lowest BCUT2D eigenvalue weighted by atomic mass is 9.71. The third kappa shape index (κ3) is 3.59. The Morgan fingerprint density at radius 3 is 2.40 bits per heavy atom. The molecule has 0 saturated heterocycles. The third-order valence-corrected chi connectivity index (χ3v) is 5.97. The number of rotatable bonds is 6. The van der Waals surface area contributed by atoms with E-state index in [1.54, 1.807) is 0 Å². The number of hydrogen-bond donors (Lipinski definition) is 1. The second kappa shape index (κ2) is 8.11. The number of fused-ring (bicyclic) bond motifs is 1. The van der Waals surface area contributed by atoms with Crippen molar-refractivity contribution in [2.24, 2.45) is 0 Å². The van der Waals surface area contributed by atoms with Crippen molar-refractivity contribution in [1.82, 2.24) is 0 Å². The van der Waals surface area contributed by atoms with Crippen LogP contribution in [0, 0.1) is 0 Å². The van der Waals surface area contributed by atoms with Gasteiger partial charge in [-0.2, -0.15) is 0 Å². The number of nitrogens with zero attached hydrogens (tertiary/aromatic N) is 1. The molecule has 0 bridgehead atoms. The molecule has 0 aromatic heterocycles. The monoisotopic (exact) mass is 396 g/mol. The molecule has 0 fully saturated rings. The number of ether oxygens (including phenoxy) is 1. The van der Waals surface area contributed by atoms with Crippen LogP contribution in [0.25, 0.3) is 0 Å². The Morgan fingerprint density at radius 1 is 1.00 bits per heavy atom. The molecule has 3 heteroatoms. The van der Waals surface area contributed by atoms with Gasteiger partial charge in [0.25, 0.3) is 0 Å². The van der Waals surface area contributed by atoms with E-state index >= 15 is 0 Å². The summed E-state index contributed by atoms with van der Waals surface area (Å²) in [5.41, 5.74) is 5.36. The number of allylic oxidation sites excluding steroid dienone is 2. The number of para-hydroxylation sites is 3. The van der Waals surface area contributed by atoms with Crippen LogP contribution in [0.2, 0.25) is 0 Å². The molecule has 0 amide bonds. The summed E-state index contributed by atoms with van der Waals surface area (Å²) in [5, 5.41) is 3.36. The summed E-state index contributed by atoms with van der Waals surface area (Å²) >= 11 is 0. The van der Waals surface area contributed by atoms with Gasteiger partial charge in [0.2, 0.25) is 5.88 Å². The van der Waals surface area contributed by atoms with Crippen LogP contribution in [0.1, 0.15) is 18.1 Å². The van der Waals surface area contributed by atoms with Crippen LogP contribution in [0.15, 0.2) is 103 Å². The fourth-order valence-corrected chi connectivity index (χ4v) is 4.12. The van der Waals surface area contributed by atoms with Gasteiger partial charge in [-0.15, -0.1) is 0 Å². The standard InChI is InChI=1S/C27H28N2O/c1-20(18-26-29(4)24-16-10-11-17-25(24)30-26)27(2,19-21-12-6-5-7-13-21)22-14-8-9-15-23(22)28-3/h5-18,28H,1,19H2,2-4H3. The van der Waals surface area contributed by atoms with E-state index < -0.39 is 0 Å². The first-order valence-electron chi connectivity index (χ1n) is 10.3. The van der Waals surface area contributed by atoms with Gasteiger partial charge >= 0.3 is 0 Å². The van der Waals surface area contributed by atoms with Gasteiger partial charge in [-0.3, -0.25) is 0 Å². The van der Waals surface area contributed by atoms with Crippen molar-refractivity contribution in [3.8, 4) is 5.75 Å². The zero-order chi connectivity index (χ0) is 21.1. The van der Waals surface area contributed by atoms with Crippen molar-refractivity contribution in [3.05, 3.63) is 114 Å². The second-order valence-corrected chi connectivity index (χ2v) is 7.93. The second-order valence-electron chi connectivity index (χ2n) is 7.93.